The molecule has 6 amide bonds. The van der Waals surface area contributed by atoms with Crippen molar-refractivity contribution in [3.63, 3.8) is 0 Å². The van der Waals surface area contributed by atoms with Crippen molar-refractivity contribution in [3.8, 4) is 11.1 Å². The molecule has 54 heavy (non-hydrogen) atoms. The first-order valence-electron chi connectivity index (χ1n) is 18.8. The molecule has 0 radical (unpaired) electrons. The van der Waals surface area contributed by atoms with Gasteiger partial charge in [0.2, 0.25) is 11.8 Å². The third kappa shape index (κ3) is 5.98. The highest BCUT2D eigenvalue weighted by atomic mass is 35.5. The van der Waals surface area contributed by atoms with Crippen molar-refractivity contribution in [3.05, 3.63) is 76.3 Å². The highest BCUT2D eigenvalue weighted by Crippen LogP contribution is 2.46. The summed E-state index contributed by atoms with van der Waals surface area (Å²) >= 11 is 7.01. The summed E-state index contributed by atoms with van der Waals surface area (Å²) in [5, 5.41) is 3.84. The molecule has 1 saturated carbocycles. The van der Waals surface area contributed by atoms with Gasteiger partial charge in [-0.2, -0.15) is 0 Å². The lowest BCUT2D eigenvalue weighted by Gasteiger charge is -2.38. The number of anilines is 2. The zero-order valence-corrected chi connectivity index (χ0v) is 30.3. The van der Waals surface area contributed by atoms with E-state index in [0.717, 1.165) is 77.3 Å². The Balaban J connectivity index is 0.828. The molecule has 0 spiro atoms. The van der Waals surface area contributed by atoms with Gasteiger partial charge in [-0.3, -0.25) is 34.3 Å². The van der Waals surface area contributed by atoms with Crippen LogP contribution in [0.15, 0.2) is 48.8 Å². The molecule has 4 aliphatic heterocycles. The summed E-state index contributed by atoms with van der Waals surface area (Å²) < 4.78 is 15.5. The van der Waals surface area contributed by atoms with Crippen molar-refractivity contribution in [1.82, 2.24) is 25.1 Å². The van der Waals surface area contributed by atoms with Crippen LogP contribution in [0.5, 0.6) is 0 Å². The maximum absolute atomic E-state index is 15.5. The summed E-state index contributed by atoms with van der Waals surface area (Å²) in [6.07, 6.45) is 9.40. The number of pyridine rings is 1. The molecule has 1 unspecified atom stereocenters. The number of urea groups is 1. The monoisotopic (exact) mass is 751 g/mol. The van der Waals surface area contributed by atoms with Gasteiger partial charge in [0, 0.05) is 68.2 Å². The molecule has 1 atom stereocenters. The second-order valence-electron chi connectivity index (χ2n) is 15.1. The third-order valence-corrected chi connectivity index (χ3v) is 12.1. The van der Waals surface area contributed by atoms with E-state index < -0.39 is 35.5 Å². The number of hydrogen-bond donors (Lipinski definition) is 2. The highest BCUT2D eigenvalue weighted by molar-refractivity contribution is 6.38. The van der Waals surface area contributed by atoms with Crippen LogP contribution in [0.25, 0.3) is 22.2 Å². The van der Waals surface area contributed by atoms with Gasteiger partial charge in [0.05, 0.1) is 21.8 Å². The fourth-order valence-corrected chi connectivity index (χ4v) is 8.95. The number of carbonyl (C=O) groups excluding carboxylic acids is 5. The Kier molecular flexibility index (Phi) is 8.63. The maximum Gasteiger partial charge on any atom is 0.324 e. The molecule has 2 N–H and O–H groups in total. The molecule has 2 aromatic heterocycles. The van der Waals surface area contributed by atoms with E-state index in [1.807, 2.05) is 45.2 Å². The summed E-state index contributed by atoms with van der Waals surface area (Å²) in [6, 6.07) is 9.30. The van der Waals surface area contributed by atoms with E-state index in [1.165, 1.54) is 11.6 Å². The number of aromatic amines is 1. The summed E-state index contributed by atoms with van der Waals surface area (Å²) in [5.41, 5.74) is 4.82. The van der Waals surface area contributed by atoms with Gasteiger partial charge in [0.1, 0.15) is 17.5 Å². The average molecular weight is 752 g/mol. The fourth-order valence-electron chi connectivity index (χ4n) is 8.59. The van der Waals surface area contributed by atoms with Crippen LogP contribution < -0.4 is 15.1 Å². The van der Waals surface area contributed by atoms with Crippen LogP contribution in [0, 0.1) is 11.7 Å². The van der Waals surface area contributed by atoms with Gasteiger partial charge in [-0.05, 0) is 92.2 Å². The number of rotatable bonds is 8. The molecule has 2 aromatic carbocycles. The van der Waals surface area contributed by atoms with Gasteiger partial charge in [-0.15, -0.1) is 0 Å². The molecular formula is C40H39ClFN7O5. The lowest BCUT2D eigenvalue weighted by molar-refractivity contribution is -0.136. The zero-order chi connectivity index (χ0) is 37.2. The smallest absolute Gasteiger partial charge is 0.324 e. The first-order valence-corrected chi connectivity index (χ1v) is 19.2. The Bertz CT molecular complexity index is 2250. The van der Waals surface area contributed by atoms with Gasteiger partial charge in [0.15, 0.2) is 0 Å². The number of imide groups is 2. The van der Waals surface area contributed by atoms with Crippen LogP contribution in [0.4, 0.5) is 20.6 Å². The van der Waals surface area contributed by atoms with Crippen LogP contribution in [0.2, 0.25) is 5.02 Å². The first kappa shape index (κ1) is 34.5. The molecular weight excluding hydrogens is 713 g/mol. The van der Waals surface area contributed by atoms with Crippen LogP contribution in [0.1, 0.15) is 83.6 Å². The van der Waals surface area contributed by atoms with E-state index in [-0.39, 0.29) is 35.7 Å². The van der Waals surface area contributed by atoms with Crippen LogP contribution in [0.3, 0.4) is 0 Å². The molecule has 4 aromatic rings. The molecule has 0 bridgehead atoms. The minimum atomic E-state index is -1.11. The second kappa shape index (κ2) is 13.5. The number of nitrogens with zero attached hydrogens (tertiary/aromatic N) is 5. The Morgan fingerprint density at radius 3 is 2.43 bits per heavy atom. The Morgan fingerprint density at radius 1 is 0.889 bits per heavy atom. The van der Waals surface area contributed by atoms with E-state index in [9.17, 15) is 24.0 Å². The number of aromatic nitrogens is 2. The van der Waals surface area contributed by atoms with E-state index in [0.29, 0.717) is 49.6 Å². The third-order valence-electron chi connectivity index (χ3n) is 11.7. The van der Waals surface area contributed by atoms with Gasteiger partial charge in [-0.25, -0.2) is 14.2 Å². The molecule has 4 fully saturated rings. The van der Waals surface area contributed by atoms with Crippen molar-refractivity contribution < 1.29 is 28.4 Å². The van der Waals surface area contributed by atoms with Gasteiger partial charge >= 0.3 is 6.03 Å². The summed E-state index contributed by atoms with van der Waals surface area (Å²) in [7, 11) is 0. The second-order valence-corrected chi connectivity index (χ2v) is 15.4. The first-order chi connectivity index (χ1) is 26.2. The molecule has 9 rings (SSSR count). The topological polar surface area (TPSA) is 139 Å². The molecule has 12 nitrogen and oxygen atoms in total. The number of benzene rings is 2. The summed E-state index contributed by atoms with van der Waals surface area (Å²) in [6.45, 7) is 3.03. The van der Waals surface area contributed by atoms with Crippen molar-refractivity contribution in [2.75, 3.05) is 42.5 Å². The summed E-state index contributed by atoms with van der Waals surface area (Å²) in [5.74, 6) is -2.30. The lowest BCUT2D eigenvalue weighted by atomic mass is 9.92. The summed E-state index contributed by atoms with van der Waals surface area (Å²) in [4.78, 5) is 78.7. The number of fused-ring (bicyclic) bond motifs is 2. The fraction of sp³-hybridized carbons (Fsp3) is 0.400. The number of H-pyrrole nitrogens is 1. The minimum Gasteiger partial charge on any atom is -0.369 e. The SMILES string of the molecule is O=C1CCC(N2C(=O)c3cc(F)c(N4CCC(CCN5CCCN(c6cccc(-c7cnc8[nH]cc(C9CC9)c8c7Cl)c6)C5=O)CC4)cc3C2=O)C(=O)N1. The van der Waals surface area contributed by atoms with E-state index in [1.54, 1.807) is 6.20 Å². The highest BCUT2D eigenvalue weighted by Gasteiger charge is 2.45. The molecule has 5 aliphatic rings. The normalized spacial score (nSPS) is 21.1. The minimum absolute atomic E-state index is 0.0117. The Labute approximate surface area is 315 Å². The van der Waals surface area contributed by atoms with E-state index in [4.69, 9.17) is 11.6 Å². The maximum atomic E-state index is 15.5. The van der Waals surface area contributed by atoms with Crippen LogP contribution in [-0.4, -0.2) is 88.2 Å². The average Bonchev–Trinajstić information content (AvgIpc) is 3.88. The standard InChI is InChI=1S/C40H39ClFN7O5/c41-35-29(21-44-36-34(35)28(20-43-36)23-5-6-23)24-3-1-4-25(17-24)48-13-2-12-47(40(48)54)16-11-22-9-14-46(15-10-22)32-19-27-26(18-30(32)42)38(52)49(39(27)53)31-7-8-33(50)45-37(31)51/h1,3-4,17-23,31H,2,5-16H2,(H,43,44)(H,45,50,51). The largest absolute Gasteiger partial charge is 0.369 e. The Hall–Kier alpha value is -5.30. The van der Waals surface area contributed by atoms with Crippen LogP contribution >= 0.6 is 11.6 Å². The van der Waals surface area contributed by atoms with Gasteiger partial charge in [-0.1, -0.05) is 23.7 Å². The van der Waals surface area contributed by atoms with Gasteiger partial charge in [0.25, 0.3) is 11.8 Å². The number of hydrogen-bond acceptors (Lipinski definition) is 7. The Morgan fingerprint density at radius 2 is 1.67 bits per heavy atom. The predicted molar refractivity (Wildman–Crippen MR) is 200 cm³/mol. The predicted octanol–water partition coefficient (Wildman–Crippen LogP) is 6.24. The number of carbonyl (C=O) groups is 5. The molecule has 3 saturated heterocycles. The molecule has 1 aliphatic carbocycles. The van der Waals surface area contributed by atoms with Crippen LogP contribution in [-0.2, 0) is 9.59 Å². The zero-order valence-electron chi connectivity index (χ0n) is 29.6. The lowest BCUT2D eigenvalue weighted by Crippen LogP contribution is -2.54. The quantitative estimate of drug-likeness (QED) is 0.203. The molecule has 6 heterocycles. The number of halogens is 2. The van der Waals surface area contributed by atoms with Crippen molar-refractivity contribution in [1.29, 1.82) is 0 Å². The van der Waals surface area contributed by atoms with E-state index >= 15 is 4.39 Å². The number of piperidine rings is 2. The number of nitrogens with one attached hydrogen (secondary N) is 2. The van der Waals surface area contributed by atoms with E-state index in [2.05, 4.69) is 15.3 Å². The molecule has 278 valence electrons. The number of amides is 6. The van der Waals surface area contributed by atoms with Gasteiger partial charge < -0.3 is 14.8 Å². The van der Waals surface area contributed by atoms with Crippen molar-refractivity contribution in [2.24, 2.45) is 5.92 Å². The van der Waals surface area contributed by atoms with Crippen molar-refractivity contribution in [2.45, 2.75) is 63.3 Å². The molecule has 14 heteroatoms. The van der Waals surface area contributed by atoms with Crippen molar-refractivity contribution >= 4 is 63.7 Å².